The van der Waals surface area contributed by atoms with Gasteiger partial charge >= 0.3 is 0 Å². The topological polar surface area (TPSA) is 100 Å². The zero-order valence-corrected chi connectivity index (χ0v) is 14.7. The van der Waals surface area contributed by atoms with Crippen LogP contribution in [0.4, 0.5) is 5.69 Å². The second kappa shape index (κ2) is 6.86. The fourth-order valence-corrected chi connectivity index (χ4v) is 2.79. The normalized spacial score (nSPS) is 11.1. The van der Waals surface area contributed by atoms with E-state index in [2.05, 4.69) is 31.4 Å². The standard InChI is InChI=1S/C17H13BrN4O3/c1-10-14-8-12(18)4-7-15(14)20-16(10)17(23)21-19-9-11-2-5-13(6-3-11)22(24)25/h2-9,20H,1H3,(H,21,23). The van der Waals surface area contributed by atoms with Crippen LogP contribution in [0.5, 0.6) is 0 Å². The molecular weight excluding hydrogens is 388 g/mol. The van der Waals surface area contributed by atoms with E-state index in [1.54, 1.807) is 12.1 Å². The third-order valence-corrected chi connectivity index (χ3v) is 4.22. The molecule has 0 unspecified atom stereocenters. The van der Waals surface area contributed by atoms with Gasteiger partial charge in [0.2, 0.25) is 0 Å². The highest BCUT2D eigenvalue weighted by Crippen LogP contribution is 2.25. The number of halogens is 1. The molecule has 1 amide bonds. The van der Waals surface area contributed by atoms with Gasteiger partial charge in [0.05, 0.1) is 11.1 Å². The summed E-state index contributed by atoms with van der Waals surface area (Å²) in [5.41, 5.74) is 5.24. The van der Waals surface area contributed by atoms with Gasteiger partial charge < -0.3 is 4.98 Å². The van der Waals surface area contributed by atoms with Crippen molar-refractivity contribution in [3.8, 4) is 0 Å². The number of nitro benzene ring substituents is 1. The predicted molar refractivity (Wildman–Crippen MR) is 98.9 cm³/mol. The molecule has 1 heterocycles. The first-order valence-corrected chi connectivity index (χ1v) is 8.10. The van der Waals surface area contributed by atoms with Crippen molar-refractivity contribution in [3.05, 3.63) is 73.9 Å². The van der Waals surface area contributed by atoms with Crippen molar-refractivity contribution >= 4 is 44.6 Å². The first-order chi connectivity index (χ1) is 12.0. The number of rotatable bonds is 4. The number of H-pyrrole nitrogens is 1. The number of aromatic amines is 1. The molecule has 2 N–H and O–H groups in total. The predicted octanol–water partition coefficient (Wildman–Crippen LogP) is 3.91. The van der Waals surface area contributed by atoms with Crippen LogP contribution < -0.4 is 5.43 Å². The largest absolute Gasteiger partial charge is 0.350 e. The van der Waals surface area contributed by atoms with Crippen LogP contribution in [0.1, 0.15) is 21.6 Å². The number of carbonyl (C=O) groups is 1. The number of aryl methyl sites for hydroxylation is 1. The van der Waals surface area contributed by atoms with E-state index in [-0.39, 0.29) is 11.6 Å². The Kier molecular flexibility index (Phi) is 4.62. The number of hydrogen-bond acceptors (Lipinski definition) is 4. The van der Waals surface area contributed by atoms with E-state index >= 15 is 0 Å². The molecule has 0 saturated carbocycles. The lowest BCUT2D eigenvalue weighted by Gasteiger charge is -1.99. The third kappa shape index (κ3) is 3.58. The Balaban J connectivity index is 1.74. The van der Waals surface area contributed by atoms with Crippen molar-refractivity contribution in [2.24, 2.45) is 5.10 Å². The van der Waals surface area contributed by atoms with Crippen molar-refractivity contribution in [2.75, 3.05) is 0 Å². The third-order valence-electron chi connectivity index (χ3n) is 3.73. The summed E-state index contributed by atoms with van der Waals surface area (Å²) < 4.78 is 0.935. The van der Waals surface area contributed by atoms with Gasteiger partial charge in [-0.05, 0) is 48.4 Å². The van der Waals surface area contributed by atoms with Crippen molar-refractivity contribution in [1.29, 1.82) is 0 Å². The van der Waals surface area contributed by atoms with E-state index < -0.39 is 4.92 Å². The molecule has 0 aliphatic heterocycles. The molecule has 0 atom stereocenters. The van der Waals surface area contributed by atoms with Crippen molar-refractivity contribution in [2.45, 2.75) is 6.92 Å². The molecule has 2 aromatic carbocycles. The molecule has 126 valence electrons. The highest BCUT2D eigenvalue weighted by Gasteiger charge is 2.14. The van der Waals surface area contributed by atoms with Crippen LogP contribution in [0.2, 0.25) is 0 Å². The van der Waals surface area contributed by atoms with Crippen LogP contribution in [-0.2, 0) is 0 Å². The fourth-order valence-electron chi connectivity index (χ4n) is 2.43. The molecule has 0 spiro atoms. The minimum atomic E-state index is -0.472. The first-order valence-electron chi connectivity index (χ1n) is 7.31. The number of nitrogens with one attached hydrogen (secondary N) is 2. The second-order valence-corrected chi connectivity index (χ2v) is 6.28. The van der Waals surface area contributed by atoms with Gasteiger partial charge in [-0.25, -0.2) is 5.43 Å². The summed E-state index contributed by atoms with van der Waals surface area (Å²) in [4.78, 5) is 25.5. The molecule has 3 rings (SSSR count). The smallest absolute Gasteiger partial charge is 0.288 e. The van der Waals surface area contributed by atoms with Crippen LogP contribution in [0.25, 0.3) is 10.9 Å². The van der Waals surface area contributed by atoms with Crippen molar-refractivity contribution < 1.29 is 9.72 Å². The van der Waals surface area contributed by atoms with Crippen LogP contribution in [0, 0.1) is 17.0 Å². The van der Waals surface area contributed by atoms with Crippen LogP contribution in [0.3, 0.4) is 0 Å². The van der Waals surface area contributed by atoms with Gasteiger partial charge in [0.1, 0.15) is 5.69 Å². The zero-order valence-electron chi connectivity index (χ0n) is 13.1. The molecule has 0 fully saturated rings. The lowest BCUT2D eigenvalue weighted by molar-refractivity contribution is -0.384. The number of carbonyl (C=O) groups excluding carboxylic acids is 1. The fraction of sp³-hybridized carbons (Fsp3) is 0.0588. The van der Waals surface area contributed by atoms with Gasteiger partial charge in [-0.1, -0.05) is 15.9 Å². The van der Waals surface area contributed by atoms with E-state index in [1.807, 2.05) is 25.1 Å². The number of non-ortho nitro benzene ring substituents is 1. The number of aromatic nitrogens is 1. The summed E-state index contributed by atoms with van der Waals surface area (Å²) >= 11 is 3.41. The van der Waals surface area contributed by atoms with Gasteiger partial charge in [-0.3, -0.25) is 14.9 Å². The molecule has 0 aliphatic rings. The number of nitro groups is 1. The van der Waals surface area contributed by atoms with Crippen LogP contribution in [-0.4, -0.2) is 22.0 Å². The summed E-state index contributed by atoms with van der Waals surface area (Å²) in [6, 6.07) is 11.6. The number of benzene rings is 2. The molecule has 0 radical (unpaired) electrons. The molecule has 0 bridgehead atoms. The maximum absolute atomic E-state index is 12.3. The van der Waals surface area contributed by atoms with Gasteiger partial charge in [0.25, 0.3) is 11.6 Å². The summed E-state index contributed by atoms with van der Waals surface area (Å²) in [5.74, 6) is -0.358. The van der Waals surface area contributed by atoms with E-state index in [1.165, 1.54) is 18.3 Å². The van der Waals surface area contributed by atoms with E-state index in [0.717, 1.165) is 20.9 Å². The lowest BCUT2D eigenvalue weighted by Crippen LogP contribution is -2.18. The first kappa shape index (κ1) is 16.8. The van der Waals surface area contributed by atoms with Crippen molar-refractivity contribution in [3.63, 3.8) is 0 Å². The monoisotopic (exact) mass is 400 g/mol. The second-order valence-electron chi connectivity index (χ2n) is 5.36. The molecule has 8 heteroatoms. The molecule has 3 aromatic rings. The number of amides is 1. The Labute approximate surface area is 151 Å². The lowest BCUT2D eigenvalue weighted by atomic mass is 10.1. The zero-order chi connectivity index (χ0) is 18.0. The summed E-state index contributed by atoms with van der Waals surface area (Å²) in [5, 5.41) is 15.5. The maximum atomic E-state index is 12.3. The minimum Gasteiger partial charge on any atom is -0.350 e. The van der Waals surface area contributed by atoms with Crippen LogP contribution >= 0.6 is 15.9 Å². The molecule has 7 nitrogen and oxygen atoms in total. The molecule has 1 aromatic heterocycles. The quantitative estimate of drug-likeness (QED) is 0.394. The van der Waals surface area contributed by atoms with Crippen LogP contribution in [0.15, 0.2) is 52.0 Å². The average Bonchev–Trinajstić information content (AvgIpc) is 2.92. The Morgan fingerprint density at radius 3 is 2.68 bits per heavy atom. The Morgan fingerprint density at radius 1 is 1.28 bits per heavy atom. The molecular formula is C17H13BrN4O3. The van der Waals surface area contributed by atoms with Gasteiger partial charge in [0.15, 0.2) is 0 Å². The Morgan fingerprint density at radius 2 is 2.00 bits per heavy atom. The van der Waals surface area contributed by atoms with Gasteiger partial charge in [-0.15, -0.1) is 0 Å². The average molecular weight is 401 g/mol. The van der Waals surface area contributed by atoms with Gasteiger partial charge in [-0.2, -0.15) is 5.10 Å². The number of fused-ring (bicyclic) bond motifs is 1. The SMILES string of the molecule is Cc1c(C(=O)NN=Cc2ccc([N+](=O)[O-])cc2)[nH]c2ccc(Br)cc12. The van der Waals surface area contributed by atoms with Crippen molar-refractivity contribution in [1.82, 2.24) is 10.4 Å². The van der Waals surface area contributed by atoms with Gasteiger partial charge in [0, 0.05) is 27.5 Å². The van der Waals surface area contributed by atoms with E-state index in [0.29, 0.717) is 11.3 Å². The minimum absolute atomic E-state index is 0.000969. The summed E-state index contributed by atoms with van der Waals surface area (Å²) in [6.45, 7) is 1.86. The number of nitrogens with zero attached hydrogens (tertiary/aromatic N) is 2. The molecule has 25 heavy (non-hydrogen) atoms. The maximum Gasteiger partial charge on any atom is 0.288 e. The Hall–Kier alpha value is -3.00. The Bertz CT molecular complexity index is 993. The van der Waals surface area contributed by atoms with E-state index in [4.69, 9.17) is 0 Å². The highest BCUT2D eigenvalue weighted by molar-refractivity contribution is 9.10. The number of hydrogen-bond donors (Lipinski definition) is 2. The van der Waals surface area contributed by atoms with E-state index in [9.17, 15) is 14.9 Å². The number of hydrazone groups is 1. The molecule has 0 saturated heterocycles. The molecule has 0 aliphatic carbocycles. The summed E-state index contributed by atoms with van der Waals surface area (Å²) in [7, 11) is 0. The summed E-state index contributed by atoms with van der Waals surface area (Å²) in [6.07, 6.45) is 1.43. The highest BCUT2D eigenvalue weighted by atomic mass is 79.9.